The van der Waals surface area contributed by atoms with Gasteiger partial charge in [0.25, 0.3) is 5.56 Å². The fourth-order valence-electron chi connectivity index (χ4n) is 2.47. The second kappa shape index (κ2) is 6.32. The van der Waals surface area contributed by atoms with Gasteiger partial charge in [-0.2, -0.15) is 0 Å². The summed E-state index contributed by atoms with van der Waals surface area (Å²) < 4.78 is 1.60. The molecule has 0 atom stereocenters. The number of pyridine rings is 1. The van der Waals surface area contributed by atoms with Gasteiger partial charge in [0, 0.05) is 41.7 Å². The molecular weight excluding hydrogens is 288 g/mol. The number of hydrogen-bond acceptors (Lipinski definition) is 2. The van der Waals surface area contributed by atoms with Crippen LogP contribution in [0.5, 0.6) is 0 Å². The second-order valence-electron chi connectivity index (χ2n) is 5.19. The summed E-state index contributed by atoms with van der Waals surface area (Å²) in [6, 6.07) is 20.3. The standard InChI is InChI=1S/C19H16N2O2/c1-14(22)20-18-10-6-5-9-17(18)15-11-12-19(23)21(13-15)16-7-3-2-4-8-16/h2-13H,1H3,(H,20,22). The number of carbonyl (C=O) groups excluding carboxylic acids is 1. The average Bonchev–Trinajstić information content (AvgIpc) is 2.56. The van der Waals surface area contributed by atoms with E-state index in [1.807, 2.05) is 54.6 Å². The van der Waals surface area contributed by atoms with E-state index < -0.39 is 0 Å². The molecule has 1 amide bonds. The molecule has 3 aromatic rings. The average molecular weight is 304 g/mol. The Kier molecular flexibility index (Phi) is 4.06. The van der Waals surface area contributed by atoms with Crippen molar-refractivity contribution in [2.24, 2.45) is 0 Å². The smallest absolute Gasteiger partial charge is 0.255 e. The maximum absolute atomic E-state index is 12.2. The summed E-state index contributed by atoms with van der Waals surface area (Å²) in [5.74, 6) is -0.131. The van der Waals surface area contributed by atoms with Crippen LogP contribution in [0.1, 0.15) is 6.92 Å². The number of anilines is 1. The Hall–Kier alpha value is -3.14. The Balaban J connectivity index is 2.12. The third-order valence-corrected chi connectivity index (χ3v) is 3.49. The van der Waals surface area contributed by atoms with Crippen molar-refractivity contribution in [2.45, 2.75) is 6.92 Å². The molecule has 1 aromatic heterocycles. The minimum atomic E-state index is -0.131. The molecule has 2 aromatic carbocycles. The Morgan fingerprint density at radius 1 is 0.913 bits per heavy atom. The fourth-order valence-corrected chi connectivity index (χ4v) is 2.47. The Bertz CT molecular complexity index is 898. The van der Waals surface area contributed by atoms with Gasteiger partial charge in [-0.05, 0) is 24.3 Å². The van der Waals surface area contributed by atoms with Gasteiger partial charge in [-0.1, -0.05) is 36.4 Å². The first kappa shape index (κ1) is 14.8. The molecule has 0 bridgehead atoms. The van der Waals surface area contributed by atoms with E-state index in [9.17, 15) is 9.59 Å². The molecule has 1 heterocycles. The molecule has 3 rings (SSSR count). The highest BCUT2D eigenvalue weighted by Crippen LogP contribution is 2.27. The normalized spacial score (nSPS) is 10.3. The van der Waals surface area contributed by atoms with Crippen LogP contribution in [0.4, 0.5) is 5.69 Å². The fraction of sp³-hybridized carbons (Fsp3) is 0.0526. The van der Waals surface area contributed by atoms with Gasteiger partial charge in [-0.3, -0.25) is 14.2 Å². The van der Waals surface area contributed by atoms with Crippen molar-refractivity contribution >= 4 is 11.6 Å². The lowest BCUT2D eigenvalue weighted by molar-refractivity contribution is -0.114. The van der Waals surface area contributed by atoms with Gasteiger partial charge in [-0.25, -0.2) is 0 Å². The molecule has 0 spiro atoms. The summed E-state index contributed by atoms with van der Waals surface area (Å²) in [6.07, 6.45) is 1.79. The molecule has 4 nitrogen and oxygen atoms in total. The second-order valence-corrected chi connectivity index (χ2v) is 5.19. The molecule has 1 N–H and O–H groups in total. The minimum absolute atomic E-state index is 0.100. The van der Waals surface area contributed by atoms with Crippen LogP contribution in [0.3, 0.4) is 0 Å². The molecule has 0 saturated carbocycles. The van der Waals surface area contributed by atoms with E-state index in [4.69, 9.17) is 0 Å². The highest BCUT2D eigenvalue weighted by molar-refractivity contribution is 5.93. The lowest BCUT2D eigenvalue weighted by Crippen LogP contribution is -2.16. The van der Waals surface area contributed by atoms with Gasteiger partial charge in [0.15, 0.2) is 0 Å². The van der Waals surface area contributed by atoms with Crippen molar-refractivity contribution < 1.29 is 4.79 Å². The number of hydrogen-bond donors (Lipinski definition) is 1. The van der Waals surface area contributed by atoms with Crippen molar-refractivity contribution in [1.82, 2.24) is 4.57 Å². The quantitative estimate of drug-likeness (QED) is 0.805. The third kappa shape index (κ3) is 3.21. The predicted molar refractivity (Wildman–Crippen MR) is 91.8 cm³/mol. The Labute approximate surface area is 134 Å². The lowest BCUT2D eigenvalue weighted by Gasteiger charge is -2.12. The molecule has 0 fully saturated rings. The molecular formula is C19H16N2O2. The van der Waals surface area contributed by atoms with Crippen molar-refractivity contribution in [3.63, 3.8) is 0 Å². The van der Waals surface area contributed by atoms with E-state index in [0.717, 1.165) is 22.5 Å². The number of benzene rings is 2. The zero-order chi connectivity index (χ0) is 16.2. The first-order valence-corrected chi connectivity index (χ1v) is 7.30. The van der Waals surface area contributed by atoms with Crippen molar-refractivity contribution in [3.8, 4) is 16.8 Å². The van der Waals surface area contributed by atoms with Gasteiger partial charge >= 0.3 is 0 Å². The van der Waals surface area contributed by atoms with Gasteiger partial charge in [0.1, 0.15) is 0 Å². The molecule has 23 heavy (non-hydrogen) atoms. The Morgan fingerprint density at radius 2 is 1.61 bits per heavy atom. The molecule has 4 heteroatoms. The Morgan fingerprint density at radius 3 is 2.35 bits per heavy atom. The predicted octanol–water partition coefficient (Wildman–Crippen LogP) is 3.46. The number of nitrogens with one attached hydrogen (secondary N) is 1. The number of amides is 1. The monoisotopic (exact) mass is 304 g/mol. The van der Waals surface area contributed by atoms with Crippen LogP contribution >= 0.6 is 0 Å². The number of nitrogens with zero attached hydrogens (tertiary/aromatic N) is 1. The van der Waals surface area contributed by atoms with Gasteiger partial charge < -0.3 is 5.32 Å². The van der Waals surface area contributed by atoms with Crippen molar-refractivity contribution in [3.05, 3.63) is 83.3 Å². The van der Waals surface area contributed by atoms with Gasteiger partial charge in [0.2, 0.25) is 5.91 Å². The van der Waals surface area contributed by atoms with Crippen LogP contribution in [0.2, 0.25) is 0 Å². The van der Waals surface area contributed by atoms with Crippen LogP contribution in [0.15, 0.2) is 77.7 Å². The molecule has 0 saturated heterocycles. The summed E-state index contributed by atoms with van der Waals surface area (Å²) in [5.41, 5.74) is 3.15. The molecule has 114 valence electrons. The minimum Gasteiger partial charge on any atom is -0.326 e. The zero-order valence-electron chi connectivity index (χ0n) is 12.7. The van der Waals surface area contributed by atoms with Crippen molar-refractivity contribution in [2.75, 3.05) is 5.32 Å². The first-order valence-electron chi connectivity index (χ1n) is 7.30. The van der Waals surface area contributed by atoms with E-state index in [1.54, 1.807) is 16.8 Å². The van der Waals surface area contributed by atoms with Crippen LogP contribution in [-0.2, 0) is 4.79 Å². The summed E-state index contributed by atoms with van der Waals surface area (Å²) in [6.45, 7) is 1.47. The highest BCUT2D eigenvalue weighted by atomic mass is 16.1. The number of carbonyl (C=O) groups is 1. The SMILES string of the molecule is CC(=O)Nc1ccccc1-c1ccc(=O)n(-c2ccccc2)c1. The summed E-state index contributed by atoms with van der Waals surface area (Å²) in [4.78, 5) is 23.5. The highest BCUT2D eigenvalue weighted by Gasteiger charge is 2.08. The van der Waals surface area contributed by atoms with Gasteiger partial charge in [0.05, 0.1) is 0 Å². The lowest BCUT2D eigenvalue weighted by atomic mass is 10.1. The number of aromatic nitrogens is 1. The largest absolute Gasteiger partial charge is 0.326 e. The zero-order valence-corrected chi connectivity index (χ0v) is 12.7. The maximum atomic E-state index is 12.2. The van der Waals surface area contributed by atoms with E-state index >= 15 is 0 Å². The summed E-state index contributed by atoms with van der Waals surface area (Å²) in [7, 11) is 0. The number of para-hydroxylation sites is 2. The summed E-state index contributed by atoms with van der Waals surface area (Å²) in [5, 5.41) is 2.82. The molecule has 0 aliphatic rings. The van der Waals surface area contributed by atoms with E-state index in [-0.39, 0.29) is 11.5 Å². The van der Waals surface area contributed by atoms with Crippen LogP contribution in [0, 0.1) is 0 Å². The molecule has 0 unspecified atom stereocenters. The topological polar surface area (TPSA) is 51.1 Å². The van der Waals surface area contributed by atoms with Crippen molar-refractivity contribution in [1.29, 1.82) is 0 Å². The summed E-state index contributed by atoms with van der Waals surface area (Å²) >= 11 is 0. The first-order chi connectivity index (χ1) is 11.1. The van der Waals surface area contributed by atoms with Crippen LogP contribution < -0.4 is 10.9 Å². The van der Waals surface area contributed by atoms with Gasteiger partial charge in [-0.15, -0.1) is 0 Å². The third-order valence-electron chi connectivity index (χ3n) is 3.49. The number of rotatable bonds is 3. The molecule has 0 aliphatic heterocycles. The molecule has 0 aliphatic carbocycles. The maximum Gasteiger partial charge on any atom is 0.255 e. The van der Waals surface area contributed by atoms with E-state index in [2.05, 4.69) is 5.32 Å². The van der Waals surface area contributed by atoms with Crippen LogP contribution in [0.25, 0.3) is 16.8 Å². The van der Waals surface area contributed by atoms with E-state index in [0.29, 0.717) is 0 Å². The van der Waals surface area contributed by atoms with E-state index in [1.165, 1.54) is 13.0 Å². The molecule has 0 radical (unpaired) electrons. The van der Waals surface area contributed by atoms with Crippen LogP contribution in [-0.4, -0.2) is 10.5 Å².